The highest BCUT2D eigenvalue weighted by Crippen LogP contribution is 2.36. The van der Waals surface area contributed by atoms with E-state index < -0.39 is 0 Å². The predicted molar refractivity (Wildman–Crippen MR) is 109 cm³/mol. The summed E-state index contributed by atoms with van der Waals surface area (Å²) in [6, 6.07) is 13.1. The molecule has 6 nitrogen and oxygen atoms in total. The van der Waals surface area contributed by atoms with Crippen molar-refractivity contribution in [2.45, 2.75) is 0 Å². The fraction of sp³-hybridized carbons (Fsp3) is 0.158. The number of carbonyl (C=O) groups excluding carboxylic acids is 1. The minimum atomic E-state index is -0.122. The van der Waals surface area contributed by atoms with E-state index in [2.05, 4.69) is 5.32 Å². The Labute approximate surface area is 166 Å². The average molecular weight is 400 g/mol. The van der Waals surface area contributed by atoms with Gasteiger partial charge in [0.25, 0.3) is 5.91 Å². The highest BCUT2D eigenvalue weighted by Gasteiger charge is 2.31. The Morgan fingerprint density at radius 3 is 2.78 bits per heavy atom. The molecule has 2 aliphatic heterocycles. The van der Waals surface area contributed by atoms with E-state index in [0.717, 1.165) is 17.0 Å². The number of carbonyl (C=O) groups is 1. The summed E-state index contributed by atoms with van der Waals surface area (Å²) >= 11 is 6.66. The maximum Gasteiger partial charge on any atom is 0.267 e. The first-order valence-electron chi connectivity index (χ1n) is 8.17. The van der Waals surface area contributed by atoms with Gasteiger partial charge in [-0.1, -0.05) is 30.0 Å². The lowest BCUT2D eigenvalue weighted by Crippen LogP contribution is -2.33. The second-order valence-electron chi connectivity index (χ2n) is 5.79. The second kappa shape index (κ2) is 7.50. The number of rotatable bonds is 5. The van der Waals surface area contributed by atoms with E-state index in [9.17, 15) is 4.79 Å². The van der Waals surface area contributed by atoms with Crippen molar-refractivity contribution in [3.05, 3.63) is 52.9 Å². The van der Waals surface area contributed by atoms with Gasteiger partial charge in [-0.3, -0.25) is 9.69 Å². The van der Waals surface area contributed by atoms with Crippen LogP contribution in [0.1, 0.15) is 5.56 Å². The molecule has 0 bridgehead atoms. The number of hydrogen-bond donors (Lipinski definition) is 1. The summed E-state index contributed by atoms with van der Waals surface area (Å²) < 4.78 is 16.3. The van der Waals surface area contributed by atoms with Crippen LogP contribution in [0.5, 0.6) is 17.2 Å². The molecule has 0 unspecified atom stereocenters. The summed E-state index contributed by atoms with van der Waals surface area (Å²) in [6.45, 7) is 0.521. The molecule has 1 amide bonds. The molecular formula is C19H16N2O4S2. The number of ether oxygens (including phenoxy) is 3. The normalized spacial score (nSPS) is 16.9. The molecule has 0 spiro atoms. The van der Waals surface area contributed by atoms with Gasteiger partial charge in [0.05, 0.1) is 18.7 Å². The van der Waals surface area contributed by atoms with Crippen LogP contribution in [-0.4, -0.2) is 35.7 Å². The molecule has 27 heavy (non-hydrogen) atoms. The zero-order valence-electron chi connectivity index (χ0n) is 14.4. The highest BCUT2D eigenvalue weighted by atomic mass is 32.2. The van der Waals surface area contributed by atoms with Crippen LogP contribution in [0, 0.1) is 0 Å². The maximum absolute atomic E-state index is 12.7. The molecular weight excluding hydrogens is 384 g/mol. The molecule has 0 saturated carbocycles. The zero-order valence-corrected chi connectivity index (χ0v) is 16.1. The molecule has 138 valence electrons. The molecule has 1 fully saturated rings. The number of thioether (sulfide) groups is 1. The van der Waals surface area contributed by atoms with E-state index in [-0.39, 0.29) is 12.7 Å². The number of nitrogens with zero attached hydrogens (tertiary/aromatic N) is 1. The molecule has 2 aromatic carbocycles. The number of benzene rings is 2. The summed E-state index contributed by atoms with van der Waals surface area (Å²) in [7, 11) is 1.62. The van der Waals surface area contributed by atoms with Crippen LogP contribution in [0.4, 0.5) is 5.69 Å². The average Bonchev–Trinajstić information content (AvgIpc) is 3.25. The summed E-state index contributed by atoms with van der Waals surface area (Å²) in [5.74, 6) is 2.05. The third-order valence-electron chi connectivity index (χ3n) is 4.10. The topological polar surface area (TPSA) is 60.0 Å². The monoisotopic (exact) mass is 400 g/mol. The number of methoxy groups -OCH3 is 1. The van der Waals surface area contributed by atoms with Crippen molar-refractivity contribution in [1.29, 1.82) is 0 Å². The SMILES string of the molecule is COc1ccc(NCN2C(=O)C(=Cc3ccc4c(c3)OCO4)SC2=S)cc1. The van der Waals surface area contributed by atoms with Crippen LogP contribution in [0.2, 0.25) is 0 Å². The van der Waals surface area contributed by atoms with E-state index >= 15 is 0 Å². The van der Waals surface area contributed by atoms with Gasteiger partial charge in [-0.25, -0.2) is 0 Å². The first-order chi connectivity index (χ1) is 13.1. The van der Waals surface area contributed by atoms with Gasteiger partial charge < -0.3 is 19.5 Å². The van der Waals surface area contributed by atoms with Crippen molar-refractivity contribution in [1.82, 2.24) is 4.90 Å². The highest BCUT2D eigenvalue weighted by molar-refractivity contribution is 8.26. The van der Waals surface area contributed by atoms with E-state index in [0.29, 0.717) is 27.4 Å². The molecule has 2 aliphatic rings. The van der Waals surface area contributed by atoms with Gasteiger partial charge in [0.15, 0.2) is 11.5 Å². The number of anilines is 1. The lowest BCUT2D eigenvalue weighted by molar-refractivity contribution is -0.121. The third-order valence-corrected chi connectivity index (χ3v) is 5.48. The number of hydrogen-bond acceptors (Lipinski definition) is 7. The fourth-order valence-electron chi connectivity index (χ4n) is 2.67. The Hall–Kier alpha value is -2.71. The summed E-state index contributed by atoms with van der Waals surface area (Å²) in [5.41, 5.74) is 1.74. The Morgan fingerprint density at radius 1 is 1.22 bits per heavy atom. The van der Waals surface area contributed by atoms with Gasteiger partial charge in [-0.15, -0.1) is 0 Å². The molecule has 0 atom stereocenters. The van der Waals surface area contributed by atoms with E-state index in [4.69, 9.17) is 26.4 Å². The lowest BCUT2D eigenvalue weighted by Gasteiger charge is -2.16. The number of amides is 1. The van der Waals surface area contributed by atoms with E-state index in [1.807, 2.05) is 48.5 Å². The van der Waals surface area contributed by atoms with Crippen molar-refractivity contribution < 1.29 is 19.0 Å². The second-order valence-corrected chi connectivity index (χ2v) is 7.46. The Kier molecular flexibility index (Phi) is 4.91. The smallest absolute Gasteiger partial charge is 0.267 e. The first-order valence-corrected chi connectivity index (χ1v) is 9.39. The van der Waals surface area contributed by atoms with Gasteiger partial charge in [0, 0.05) is 5.69 Å². The molecule has 1 N–H and O–H groups in total. The van der Waals surface area contributed by atoms with Crippen LogP contribution in [-0.2, 0) is 4.79 Å². The van der Waals surface area contributed by atoms with Gasteiger partial charge in [0.2, 0.25) is 6.79 Å². The minimum absolute atomic E-state index is 0.122. The van der Waals surface area contributed by atoms with Crippen molar-refractivity contribution >= 4 is 46.0 Å². The summed E-state index contributed by atoms with van der Waals surface area (Å²) in [6.07, 6.45) is 1.81. The number of nitrogens with one attached hydrogen (secondary N) is 1. The Balaban J connectivity index is 1.45. The standard InChI is InChI=1S/C19H16N2O4S2/c1-23-14-5-3-13(4-6-14)20-10-21-18(22)17(27-19(21)26)9-12-2-7-15-16(8-12)25-11-24-15/h2-9,20H,10-11H2,1H3. The van der Waals surface area contributed by atoms with Crippen LogP contribution in [0.15, 0.2) is 47.4 Å². The molecule has 1 saturated heterocycles. The summed E-state index contributed by atoms with van der Waals surface area (Å²) in [5, 5.41) is 3.20. The zero-order chi connectivity index (χ0) is 18.8. The van der Waals surface area contributed by atoms with Gasteiger partial charge >= 0.3 is 0 Å². The van der Waals surface area contributed by atoms with Gasteiger partial charge in [-0.2, -0.15) is 0 Å². The van der Waals surface area contributed by atoms with E-state index in [1.165, 1.54) is 11.8 Å². The van der Waals surface area contributed by atoms with Crippen LogP contribution < -0.4 is 19.5 Å². The third kappa shape index (κ3) is 3.72. The molecule has 0 radical (unpaired) electrons. The van der Waals surface area contributed by atoms with E-state index in [1.54, 1.807) is 12.0 Å². The Morgan fingerprint density at radius 2 is 2.00 bits per heavy atom. The van der Waals surface area contributed by atoms with Crippen molar-refractivity contribution in [3.63, 3.8) is 0 Å². The van der Waals surface area contributed by atoms with Crippen LogP contribution in [0.25, 0.3) is 6.08 Å². The molecule has 2 heterocycles. The fourth-order valence-corrected chi connectivity index (χ4v) is 3.92. The summed E-state index contributed by atoms with van der Waals surface area (Å²) in [4.78, 5) is 14.8. The first kappa shape index (κ1) is 17.7. The van der Waals surface area contributed by atoms with Crippen LogP contribution in [0.3, 0.4) is 0 Å². The maximum atomic E-state index is 12.7. The lowest BCUT2D eigenvalue weighted by atomic mass is 10.2. The molecule has 2 aromatic rings. The molecule has 0 aromatic heterocycles. The minimum Gasteiger partial charge on any atom is -0.497 e. The van der Waals surface area contributed by atoms with Gasteiger partial charge in [-0.05, 0) is 48.0 Å². The largest absolute Gasteiger partial charge is 0.497 e. The molecule has 0 aliphatic carbocycles. The number of thiocarbonyl (C=S) groups is 1. The predicted octanol–water partition coefficient (Wildman–Crippen LogP) is 3.69. The van der Waals surface area contributed by atoms with Crippen molar-refractivity contribution in [3.8, 4) is 17.2 Å². The van der Waals surface area contributed by atoms with Crippen molar-refractivity contribution in [2.24, 2.45) is 0 Å². The van der Waals surface area contributed by atoms with Crippen molar-refractivity contribution in [2.75, 3.05) is 25.9 Å². The molecule has 8 heteroatoms. The van der Waals surface area contributed by atoms with Gasteiger partial charge in [0.1, 0.15) is 10.1 Å². The Bertz CT molecular complexity index is 928. The quantitative estimate of drug-likeness (QED) is 0.607. The number of fused-ring (bicyclic) bond motifs is 1. The van der Waals surface area contributed by atoms with Crippen LogP contribution >= 0.6 is 24.0 Å². The molecule has 4 rings (SSSR count).